The molecule has 1 atom stereocenters. The summed E-state index contributed by atoms with van der Waals surface area (Å²) in [6.07, 6.45) is 0.925. The number of carbonyl (C=O) groups is 1. The molecule has 1 amide bonds. The Hall–Kier alpha value is -2.47. The number of hydrogen-bond acceptors (Lipinski definition) is 5. The summed E-state index contributed by atoms with van der Waals surface area (Å²) in [4.78, 5) is 17.1. The first-order valence-corrected chi connectivity index (χ1v) is 9.61. The normalized spacial score (nSPS) is 19.5. The molecule has 1 heterocycles. The SMILES string of the molecule is CCOc1cccc(NC(=O)c2ccc(C3(C)CCSC(N)=N3)cc2)c1. The summed E-state index contributed by atoms with van der Waals surface area (Å²) in [7, 11) is 0. The van der Waals surface area contributed by atoms with Crippen molar-refractivity contribution in [2.75, 3.05) is 17.7 Å². The standard InChI is InChI=1S/C20H23N3O2S/c1-3-25-17-6-4-5-16(13-17)22-18(24)14-7-9-15(10-8-14)20(2)11-12-26-19(21)23-20/h4-10,13H,3,11-12H2,1-2H3,(H2,21,23)(H,22,24). The lowest BCUT2D eigenvalue weighted by Gasteiger charge is -2.29. The minimum atomic E-state index is -0.323. The van der Waals surface area contributed by atoms with Crippen LogP contribution in [0.5, 0.6) is 5.75 Å². The lowest BCUT2D eigenvalue weighted by Crippen LogP contribution is -2.28. The Morgan fingerprint density at radius 2 is 2.08 bits per heavy atom. The first kappa shape index (κ1) is 18.3. The molecule has 0 aliphatic carbocycles. The second kappa shape index (κ2) is 7.83. The van der Waals surface area contributed by atoms with Gasteiger partial charge in [0, 0.05) is 23.1 Å². The van der Waals surface area contributed by atoms with Gasteiger partial charge in [-0.25, -0.2) is 0 Å². The van der Waals surface area contributed by atoms with Gasteiger partial charge in [0.05, 0.1) is 12.1 Å². The molecule has 0 aromatic heterocycles. The minimum absolute atomic E-state index is 0.155. The fourth-order valence-corrected chi connectivity index (χ4v) is 3.88. The fraction of sp³-hybridized carbons (Fsp3) is 0.300. The van der Waals surface area contributed by atoms with E-state index in [9.17, 15) is 4.79 Å². The molecule has 0 saturated carbocycles. The lowest BCUT2D eigenvalue weighted by molar-refractivity contribution is 0.102. The molecule has 2 aromatic rings. The van der Waals surface area contributed by atoms with Gasteiger partial charge in [-0.15, -0.1) is 0 Å². The Bertz CT molecular complexity index is 820. The first-order valence-electron chi connectivity index (χ1n) is 8.63. The van der Waals surface area contributed by atoms with Crippen LogP contribution in [0.2, 0.25) is 0 Å². The first-order chi connectivity index (χ1) is 12.5. The van der Waals surface area contributed by atoms with Gasteiger partial charge in [0.1, 0.15) is 5.75 Å². The van der Waals surface area contributed by atoms with Gasteiger partial charge >= 0.3 is 0 Å². The molecule has 2 aromatic carbocycles. The van der Waals surface area contributed by atoms with Crippen LogP contribution in [-0.2, 0) is 5.54 Å². The number of nitrogens with zero attached hydrogens (tertiary/aromatic N) is 1. The summed E-state index contributed by atoms with van der Waals surface area (Å²) in [5.74, 6) is 1.53. The number of anilines is 1. The van der Waals surface area contributed by atoms with Gasteiger partial charge < -0.3 is 15.8 Å². The Balaban J connectivity index is 1.73. The number of benzene rings is 2. The van der Waals surface area contributed by atoms with E-state index in [0.717, 1.165) is 23.5 Å². The zero-order valence-corrected chi connectivity index (χ0v) is 15.8. The average molecular weight is 369 g/mol. The van der Waals surface area contributed by atoms with Crippen LogP contribution in [0, 0.1) is 0 Å². The van der Waals surface area contributed by atoms with Crippen LogP contribution in [-0.4, -0.2) is 23.4 Å². The molecule has 0 saturated heterocycles. The molecule has 0 fully saturated rings. The van der Waals surface area contributed by atoms with Crippen molar-refractivity contribution in [3.8, 4) is 5.75 Å². The van der Waals surface area contributed by atoms with Crippen molar-refractivity contribution >= 4 is 28.5 Å². The highest BCUT2D eigenvalue weighted by atomic mass is 32.2. The molecule has 0 spiro atoms. The topological polar surface area (TPSA) is 76.7 Å². The van der Waals surface area contributed by atoms with Crippen molar-refractivity contribution in [1.82, 2.24) is 0 Å². The molecule has 6 heteroatoms. The zero-order valence-electron chi connectivity index (χ0n) is 15.0. The largest absolute Gasteiger partial charge is 0.494 e. The molecule has 26 heavy (non-hydrogen) atoms. The van der Waals surface area contributed by atoms with E-state index in [0.29, 0.717) is 23.0 Å². The average Bonchev–Trinajstić information content (AvgIpc) is 2.62. The molecule has 1 aliphatic rings. The van der Waals surface area contributed by atoms with E-state index < -0.39 is 0 Å². The number of nitrogens with one attached hydrogen (secondary N) is 1. The molecule has 5 nitrogen and oxygen atoms in total. The van der Waals surface area contributed by atoms with Gasteiger partial charge in [-0.3, -0.25) is 9.79 Å². The highest BCUT2D eigenvalue weighted by Gasteiger charge is 2.29. The van der Waals surface area contributed by atoms with E-state index in [1.54, 1.807) is 11.8 Å². The Morgan fingerprint density at radius 3 is 2.77 bits per heavy atom. The van der Waals surface area contributed by atoms with Gasteiger partial charge in [0.15, 0.2) is 5.17 Å². The van der Waals surface area contributed by atoms with Gasteiger partial charge in [-0.05, 0) is 50.1 Å². The number of thioether (sulfide) groups is 1. The van der Waals surface area contributed by atoms with Crippen LogP contribution in [0.25, 0.3) is 0 Å². The third-order valence-electron chi connectivity index (χ3n) is 4.37. The predicted molar refractivity (Wildman–Crippen MR) is 108 cm³/mol. The number of ether oxygens (including phenoxy) is 1. The summed E-state index contributed by atoms with van der Waals surface area (Å²) in [5, 5.41) is 3.52. The molecule has 0 radical (unpaired) electrons. The summed E-state index contributed by atoms with van der Waals surface area (Å²) < 4.78 is 5.46. The van der Waals surface area contributed by atoms with E-state index in [4.69, 9.17) is 10.5 Å². The van der Waals surface area contributed by atoms with Crippen molar-refractivity contribution < 1.29 is 9.53 Å². The van der Waals surface area contributed by atoms with Crippen molar-refractivity contribution in [2.45, 2.75) is 25.8 Å². The maximum atomic E-state index is 12.5. The number of nitrogens with two attached hydrogens (primary N) is 1. The van der Waals surface area contributed by atoms with Gasteiger partial charge in [-0.2, -0.15) is 0 Å². The van der Waals surface area contributed by atoms with E-state index in [1.807, 2.05) is 55.5 Å². The van der Waals surface area contributed by atoms with Crippen LogP contribution in [0.1, 0.15) is 36.2 Å². The number of rotatable bonds is 5. The van der Waals surface area contributed by atoms with Crippen molar-refractivity contribution in [2.24, 2.45) is 10.7 Å². The molecule has 0 bridgehead atoms. The second-order valence-corrected chi connectivity index (χ2v) is 7.43. The monoisotopic (exact) mass is 369 g/mol. The third kappa shape index (κ3) is 4.19. The lowest BCUT2D eigenvalue weighted by atomic mass is 9.89. The maximum absolute atomic E-state index is 12.5. The number of hydrogen-bond donors (Lipinski definition) is 2. The van der Waals surface area contributed by atoms with Gasteiger partial charge in [-0.1, -0.05) is 30.0 Å². The number of amidine groups is 1. The Labute approximate surface area is 158 Å². The summed E-state index contributed by atoms with van der Waals surface area (Å²) in [6.45, 7) is 4.59. The minimum Gasteiger partial charge on any atom is -0.494 e. The third-order valence-corrected chi connectivity index (χ3v) is 5.16. The van der Waals surface area contributed by atoms with Crippen LogP contribution in [0.4, 0.5) is 5.69 Å². The molecular formula is C20H23N3O2S. The summed E-state index contributed by atoms with van der Waals surface area (Å²) >= 11 is 1.58. The molecular weight excluding hydrogens is 346 g/mol. The molecule has 136 valence electrons. The zero-order chi connectivity index (χ0) is 18.6. The van der Waals surface area contributed by atoms with Crippen molar-refractivity contribution in [3.63, 3.8) is 0 Å². The highest BCUT2D eigenvalue weighted by molar-refractivity contribution is 8.13. The van der Waals surface area contributed by atoms with Crippen molar-refractivity contribution in [3.05, 3.63) is 59.7 Å². The van der Waals surface area contributed by atoms with E-state index in [-0.39, 0.29) is 11.4 Å². The predicted octanol–water partition coefficient (Wildman–Crippen LogP) is 4.00. The maximum Gasteiger partial charge on any atom is 0.255 e. The number of amides is 1. The van der Waals surface area contributed by atoms with Gasteiger partial charge in [0.25, 0.3) is 5.91 Å². The van der Waals surface area contributed by atoms with Crippen LogP contribution >= 0.6 is 11.8 Å². The van der Waals surface area contributed by atoms with E-state index >= 15 is 0 Å². The Morgan fingerprint density at radius 1 is 1.31 bits per heavy atom. The smallest absolute Gasteiger partial charge is 0.255 e. The van der Waals surface area contributed by atoms with E-state index in [2.05, 4.69) is 17.2 Å². The fourth-order valence-electron chi connectivity index (χ4n) is 2.91. The quantitative estimate of drug-likeness (QED) is 0.835. The van der Waals surface area contributed by atoms with Gasteiger partial charge in [0.2, 0.25) is 0 Å². The van der Waals surface area contributed by atoms with Crippen molar-refractivity contribution in [1.29, 1.82) is 0 Å². The number of carbonyl (C=O) groups excluding carboxylic acids is 1. The Kier molecular flexibility index (Phi) is 5.52. The van der Waals surface area contributed by atoms with Crippen LogP contribution < -0.4 is 15.8 Å². The molecule has 1 aliphatic heterocycles. The summed E-state index contributed by atoms with van der Waals surface area (Å²) in [6, 6.07) is 14.9. The summed E-state index contributed by atoms with van der Waals surface area (Å²) in [5.41, 5.74) is 7.93. The van der Waals surface area contributed by atoms with E-state index in [1.165, 1.54) is 0 Å². The number of aliphatic imine (C=N–C) groups is 1. The second-order valence-electron chi connectivity index (χ2n) is 6.31. The van der Waals surface area contributed by atoms with Crippen LogP contribution in [0.3, 0.4) is 0 Å². The van der Waals surface area contributed by atoms with Crippen LogP contribution in [0.15, 0.2) is 53.5 Å². The molecule has 3 N–H and O–H groups in total. The molecule has 1 unspecified atom stereocenters. The highest BCUT2D eigenvalue weighted by Crippen LogP contribution is 2.35. The molecule has 3 rings (SSSR count).